The maximum absolute atomic E-state index is 5.45. The molecule has 4 heteroatoms. The first-order valence-corrected chi connectivity index (χ1v) is 5.35. The van der Waals surface area contributed by atoms with Gasteiger partial charge in [-0.3, -0.25) is 15.0 Å². The molecule has 0 aliphatic carbocycles. The summed E-state index contributed by atoms with van der Waals surface area (Å²) in [6, 6.07) is 0. The van der Waals surface area contributed by atoms with Crippen LogP contribution in [-0.2, 0) is 0 Å². The molecule has 0 rings (SSSR count). The lowest BCUT2D eigenvalue weighted by atomic mass is 10.1. The van der Waals surface area contributed by atoms with E-state index in [9.17, 15) is 0 Å². The van der Waals surface area contributed by atoms with Gasteiger partial charge in [-0.25, -0.2) is 0 Å². The van der Waals surface area contributed by atoms with E-state index < -0.39 is 0 Å². The number of aliphatic imine (C=N–C) groups is 3. The highest BCUT2D eigenvalue weighted by molar-refractivity contribution is 6.41. The van der Waals surface area contributed by atoms with Crippen LogP contribution in [0.4, 0.5) is 0 Å². The van der Waals surface area contributed by atoms with Gasteiger partial charge in [0.2, 0.25) is 0 Å². The molecule has 0 spiro atoms. The Morgan fingerprint density at radius 3 is 2.33 bits per heavy atom. The van der Waals surface area contributed by atoms with Crippen LogP contribution in [0.15, 0.2) is 15.0 Å². The van der Waals surface area contributed by atoms with Gasteiger partial charge in [0.05, 0.1) is 17.3 Å². The molecule has 0 fully saturated rings. The number of nitrogens with two attached hydrogens (primary N) is 1. The lowest BCUT2D eigenvalue weighted by Gasteiger charge is -2.04. The summed E-state index contributed by atoms with van der Waals surface area (Å²) >= 11 is 0. The van der Waals surface area contributed by atoms with Crippen LogP contribution in [0.3, 0.4) is 0 Å². The van der Waals surface area contributed by atoms with Crippen molar-refractivity contribution < 1.29 is 0 Å². The zero-order chi connectivity index (χ0) is 11.7. The Morgan fingerprint density at radius 1 is 1.20 bits per heavy atom. The second-order valence-corrected chi connectivity index (χ2v) is 3.36. The van der Waals surface area contributed by atoms with Gasteiger partial charge in [-0.2, -0.15) is 0 Å². The van der Waals surface area contributed by atoms with E-state index in [0.717, 1.165) is 37.4 Å². The van der Waals surface area contributed by atoms with E-state index in [0.29, 0.717) is 5.84 Å². The molecule has 0 aliphatic rings. The second kappa shape index (κ2) is 8.15. The summed E-state index contributed by atoms with van der Waals surface area (Å²) in [6.45, 7) is 7.41. The standard InChI is InChI=1S/C11H22N4/c1-5-14-9(2)11(13-4)7-6-8-15-10(3)12/h5-8H2,1-4H3,(H2,12,15). The predicted molar refractivity (Wildman–Crippen MR) is 68.4 cm³/mol. The molecule has 0 heterocycles. The molecule has 0 radical (unpaired) electrons. The minimum Gasteiger partial charge on any atom is -0.388 e. The first kappa shape index (κ1) is 13.8. The third kappa shape index (κ3) is 6.82. The van der Waals surface area contributed by atoms with Gasteiger partial charge in [0, 0.05) is 20.1 Å². The molecular weight excluding hydrogens is 188 g/mol. The fourth-order valence-corrected chi connectivity index (χ4v) is 1.28. The highest BCUT2D eigenvalue weighted by Gasteiger charge is 2.01. The lowest BCUT2D eigenvalue weighted by Crippen LogP contribution is -2.12. The van der Waals surface area contributed by atoms with E-state index in [4.69, 9.17) is 5.73 Å². The highest BCUT2D eigenvalue weighted by Crippen LogP contribution is 1.97. The summed E-state index contributed by atoms with van der Waals surface area (Å²) in [7, 11) is 1.81. The Labute approximate surface area is 92.4 Å². The van der Waals surface area contributed by atoms with Gasteiger partial charge in [0.15, 0.2) is 0 Å². The van der Waals surface area contributed by atoms with Gasteiger partial charge in [-0.05, 0) is 33.6 Å². The lowest BCUT2D eigenvalue weighted by molar-refractivity contribution is 0.877. The predicted octanol–water partition coefficient (Wildman–Crippen LogP) is 1.70. The fourth-order valence-electron chi connectivity index (χ4n) is 1.28. The smallest absolute Gasteiger partial charge is 0.0905 e. The molecule has 86 valence electrons. The van der Waals surface area contributed by atoms with Gasteiger partial charge < -0.3 is 5.73 Å². The zero-order valence-electron chi connectivity index (χ0n) is 10.2. The van der Waals surface area contributed by atoms with E-state index in [1.165, 1.54) is 0 Å². The van der Waals surface area contributed by atoms with E-state index >= 15 is 0 Å². The topological polar surface area (TPSA) is 63.1 Å². The van der Waals surface area contributed by atoms with Gasteiger partial charge in [-0.15, -0.1) is 0 Å². The maximum atomic E-state index is 5.45. The first-order chi connectivity index (χ1) is 7.11. The molecule has 2 N–H and O–H groups in total. The first-order valence-electron chi connectivity index (χ1n) is 5.35. The number of hydrogen-bond donors (Lipinski definition) is 1. The average Bonchev–Trinajstić information content (AvgIpc) is 2.17. The average molecular weight is 210 g/mol. The van der Waals surface area contributed by atoms with E-state index in [1.807, 2.05) is 20.9 Å². The quantitative estimate of drug-likeness (QED) is 0.405. The number of hydrogen-bond acceptors (Lipinski definition) is 3. The molecular formula is C11H22N4. The van der Waals surface area contributed by atoms with Gasteiger partial charge in [0.25, 0.3) is 0 Å². The van der Waals surface area contributed by atoms with Crippen molar-refractivity contribution in [2.24, 2.45) is 20.7 Å². The Morgan fingerprint density at radius 2 is 1.87 bits per heavy atom. The molecule has 4 nitrogen and oxygen atoms in total. The van der Waals surface area contributed by atoms with Crippen LogP contribution >= 0.6 is 0 Å². The zero-order valence-corrected chi connectivity index (χ0v) is 10.2. The SMILES string of the molecule is CCN=C(C)C(CCCN=C(C)N)=NC. The second-order valence-electron chi connectivity index (χ2n) is 3.36. The van der Waals surface area contributed by atoms with Crippen molar-refractivity contribution in [2.45, 2.75) is 33.6 Å². The molecule has 15 heavy (non-hydrogen) atoms. The number of rotatable bonds is 6. The van der Waals surface area contributed by atoms with Crippen LogP contribution in [0.25, 0.3) is 0 Å². The molecule has 0 aromatic carbocycles. The van der Waals surface area contributed by atoms with Crippen molar-refractivity contribution in [1.29, 1.82) is 0 Å². The van der Waals surface area contributed by atoms with E-state index in [1.54, 1.807) is 6.92 Å². The number of nitrogens with zero attached hydrogens (tertiary/aromatic N) is 3. The summed E-state index contributed by atoms with van der Waals surface area (Å²) < 4.78 is 0. The van der Waals surface area contributed by atoms with E-state index in [2.05, 4.69) is 15.0 Å². The Bertz CT molecular complexity index is 260. The third-order valence-electron chi connectivity index (χ3n) is 2.02. The summed E-state index contributed by atoms with van der Waals surface area (Å²) in [5, 5.41) is 0. The van der Waals surface area contributed by atoms with Crippen molar-refractivity contribution in [3.63, 3.8) is 0 Å². The molecule has 0 bridgehead atoms. The molecule has 0 saturated carbocycles. The molecule has 0 saturated heterocycles. The molecule has 0 aromatic heterocycles. The van der Waals surface area contributed by atoms with Crippen molar-refractivity contribution in [2.75, 3.05) is 20.1 Å². The Kier molecular flexibility index (Phi) is 7.50. The van der Waals surface area contributed by atoms with Crippen LogP contribution in [0.2, 0.25) is 0 Å². The van der Waals surface area contributed by atoms with Crippen molar-refractivity contribution in [1.82, 2.24) is 0 Å². The largest absolute Gasteiger partial charge is 0.388 e. The summed E-state index contributed by atoms with van der Waals surface area (Å²) in [5.41, 5.74) is 7.55. The Balaban J connectivity index is 4.03. The molecule has 0 atom stereocenters. The van der Waals surface area contributed by atoms with Crippen LogP contribution in [-0.4, -0.2) is 37.4 Å². The van der Waals surface area contributed by atoms with Gasteiger partial charge in [-0.1, -0.05) is 0 Å². The van der Waals surface area contributed by atoms with Crippen LogP contribution in [0.5, 0.6) is 0 Å². The van der Waals surface area contributed by atoms with Crippen LogP contribution < -0.4 is 5.73 Å². The third-order valence-corrected chi connectivity index (χ3v) is 2.02. The van der Waals surface area contributed by atoms with Crippen molar-refractivity contribution >= 4 is 17.3 Å². The monoisotopic (exact) mass is 210 g/mol. The Hall–Kier alpha value is -1.19. The maximum Gasteiger partial charge on any atom is 0.0905 e. The highest BCUT2D eigenvalue weighted by atomic mass is 14.8. The van der Waals surface area contributed by atoms with Crippen LogP contribution in [0.1, 0.15) is 33.6 Å². The van der Waals surface area contributed by atoms with Gasteiger partial charge in [0.1, 0.15) is 0 Å². The van der Waals surface area contributed by atoms with Crippen molar-refractivity contribution in [3.8, 4) is 0 Å². The molecule has 0 amide bonds. The van der Waals surface area contributed by atoms with Crippen LogP contribution in [0, 0.1) is 0 Å². The summed E-state index contributed by atoms with van der Waals surface area (Å²) in [5.74, 6) is 0.643. The van der Waals surface area contributed by atoms with Crippen molar-refractivity contribution in [3.05, 3.63) is 0 Å². The normalized spacial score (nSPS) is 14.5. The molecule has 0 aliphatic heterocycles. The fraction of sp³-hybridized carbons (Fsp3) is 0.727. The van der Waals surface area contributed by atoms with Gasteiger partial charge >= 0.3 is 0 Å². The number of amidine groups is 1. The summed E-state index contributed by atoms with van der Waals surface area (Å²) in [6.07, 6.45) is 1.89. The minimum atomic E-state index is 0.643. The summed E-state index contributed by atoms with van der Waals surface area (Å²) in [4.78, 5) is 12.7. The minimum absolute atomic E-state index is 0.643. The molecule has 0 aromatic rings. The van der Waals surface area contributed by atoms with E-state index in [-0.39, 0.29) is 0 Å². The molecule has 0 unspecified atom stereocenters.